The first-order valence-electron chi connectivity index (χ1n) is 9.28. The van der Waals surface area contributed by atoms with Crippen molar-refractivity contribution >= 4 is 39.1 Å². The highest BCUT2D eigenvalue weighted by Crippen LogP contribution is 2.37. The number of thiophene rings is 1. The molecule has 0 spiro atoms. The molecule has 0 N–H and O–H groups in total. The summed E-state index contributed by atoms with van der Waals surface area (Å²) < 4.78 is 1.93. The molecule has 2 fully saturated rings. The molecule has 2 heterocycles. The predicted octanol–water partition coefficient (Wildman–Crippen LogP) is 4.79. The molecule has 4 nitrogen and oxygen atoms in total. The smallest absolute Gasteiger partial charge is 0.263 e. The molecule has 0 aromatic carbocycles. The molecule has 0 radical (unpaired) electrons. The van der Waals surface area contributed by atoms with Crippen LogP contribution in [-0.4, -0.2) is 20.6 Å². The molecule has 0 amide bonds. The number of nitrogens with zero attached hydrogens (tertiary/aromatic N) is 2. The summed E-state index contributed by atoms with van der Waals surface area (Å²) in [6, 6.07) is 0.241. The third kappa shape index (κ3) is 3.08. The van der Waals surface area contributed by atoms with E-state index in [0.29, 0.717) is 12.2 Å². The maximum Gasteiger partial charge on any atom is 0.263 e. The van der Waals surface area contributed by atoms with Crippen LogP contribution in [0.1, 0.15) is 67.8 Å². The van der Waals surface area contributed by atoms with Gasteiger partial charge < -0.3 is 0 Å². The minimum Gasteiger partial charge on any atom is -0.298 e. The van der Waals surface area contributed by atoms with Crippen LogP contribution in [0.25, 0.3) is 10.2 Å². The summed E-state index contributed by atoms with van der Waals surface area (Å²) in [5, 5.41) is 1.52. The largest absolute Gasteiger partial charge is 0.298 e. The van der Waals surface area contributed by atoms with Gasteiger partial charge in [-0.2, -0.15) is 0 Å². The highest BCUT2D eigenvalue weighted by atomic mass is 32.2. The maximum absolute atomic E-state index is 13.3. The van der Waals surface area contributed by atoms with Crippen LogP contribution >= 0.6 is 23.1 Å². The van der Waals surface area contributed by atoms with E-state index in [0.717, 1.165) is 57.9 Å². The summed E-state index contributed by atoms with van der Waals surface area (Å²) in [6.45, 7) is 4.08. The van der Waals surface area contributed by atoms with Crippen LogP contribution in [0.2, 0.25) is 0 Å². The molecular weight excluding hydrogens is 352 g/mol. The molecule has 2 saturated carbocycles. The summed E-state index contributed by atoms with van der Waals surface area (Å²) in [6.07, 6.45) is 8.10. The predicted molar refractivity (Wildman–Crippen MR) is 104 cm³/mol. The van der Waals surface area contributed by atoms with Gasteiger partial charge in [-0.25, -0.2) is 4.98 Å². The molecule has 134 valence electrons. The van der Waals surface area contributed by atoms with E-state index in [1.807, 2.05) is 11.5 Å². The molecule has 0 saturated heterocycles. The number of carbonyl (C=O) groups excluding carboxylic acids is 1. The van der Waals surface area contributed by atoms with E-state index < -0.39 is 0 Å². The number of carbonyl (C=O) groups is 1. The fourth-order valence-corrected chi connectivity index (χ4v) is 6.41. The standard InChI is InChI=1S/C19H24N2O2S2/c1-11-12(2)24-17-16(11)18(23)21(13-7-3-4-8-13)19(20-17)25-15-10-6-5-9-14(15)22/h13,15H,3-10H2,1-2H3. The second-order valence-electron chi connectivity index (χ2n) is 7.29. The number of fused-ring (bicyclic) bond motifs is 1. The lowest BCUT2D eigenvalue weighted by Crippen LogP contribution is -2.28. The van der Waals surface area contributed by atoms with Gasteiger partial charge in [-0.3, -0.25) is 14.2 Å². The molecule has 0 bridgehead atoms. The van der Waals surface area contributed by atoms with Gasteiger partial charge in [0.05, 0.1) is 10.6 Å². The zero-order valence-electron chi connectivity index (χ0n) is 14.8. The molecule has 1 atom stereocenters. The lowest BCUT2D eigenvalue weighted by atomic mass is 9.99. The van der Waals surface area contributed by atoms with Gasteiger partial charge in [0.15, 0.2) is 5.16 Å². The topological polar surface area (TPSA) is 52.0 Å². The van der Waals surface area contributed by atoms with Crippen molar-refractivity contribution < 1.29 is 4.79 Å². The normalized spacial score (nSPS) is 22.2. The minimum absolute atomic E-state index is 0.0343. The lowest BCUT2D eigenvalue weighted by molar-refractivity contribution is -0.119. The van der Waals surface area contributed by atoms with E-state index in [-0.39, 0.29) is 16.9 Å². The minimum atomic E-state index is -0.0343. The molecule has 2 aromatic heterocycles. The van der Waals surface area contributed by atoms with Crippen LogP contribution in [0.3, 0.4) is 0 Å². The summed E-state index contributed by atoms with van der Waals surface area (Å²) in [7, 11) is 0. The van der Waals surface area contributed by atoms with Crippen molar-refractivity contribution in [2.45, 2.75) is 81.7 Å². The molecule has 2 aromatic rings. The Hall–Kier alpha value is -1.14. The van der Waals surface area contributed by atoms with Gasteiger partial charge in [0.25, 0.3) is 5.56 Å². The van der Waals surface area contributed by atoms with Crippen molar-refractivity contribution in [1.82, 2.24) is 9.55 Å². The van der Waals surface area contributed by atoms with E-state index in [2.05, 4.69) is 6.92 Å². The van der Waals surface area contributed by atoms with E-state index in [1.165, 1.54) is 24.6 Å². The third-order valence-corrected chi connectivity index (χ3v) is 8.02. The van der Waals surface area contributed by atoms with Gasteiger partial charge in [0, 0.05) is 17.3 Å². The Morgan fingerprint density at radius 2 is 1.80 bits per heavy atom. The fraction of sp³-hybridized carbons (Fsp3) is 0.632. The second-order valence-corrected chi connectivity index (χ2v) is 9.66. The lowest BCUT2D eigenvalue weighted by Gasteiger charge is -2.23. The van der Waals surface area contributed by atoms with Crippen LogP contribution in [0.15, 0.2) is 9.95 Å². The van der Waals surface area contributed by atoms with Gasteiger partial charge in [-0.05, 0) is 45.1 Å². The summed E-state index contributed by atoms with van der Waals surface area (Å²) >= 11 is 3.14. The second kappa shape index (κ2) is 6.88. The zero-order chi connectivity index (χ0) is 17.6. The van der Waals surface area contributed by atoms with Crippen molar-refractivity contribution in [2.75, 3.05) is 0 Å². The highest BCUT2D eigenvalue weighted by Gasteiger charge is 2.29. The number of ketones is 1. The van der Waals surface area contributed by atoms with Gasteiger partial charge in [-0.1, -0.05) is 31.0 Å². The average Bonchev–Trinajstić information content (AvgIpc) is 3.19. The SMILES string of the molecule is Cc1sc2nc(SC3CCCCC3=O)n(C3CCCC3)c(=O)c2c1C. The summed E-state index contributed by atoms with van der Waals surface area (Å²) in [5.74, 6) is 0.321. The van der Waals surface area contributed by atoms with Crippen molar-refractivity contribution in [2.24, 2.45) is 0 Å². The Balaban J connectivity index is 1.84. The Bertz CT molecular complexity index is 878. The van der Waals surface area contributed by atoms with E-state index in [9.17, 15) is 9.59 Å². The van der Waals surface area contributed by atoms with Crippen molar-refractivity contribution in [3.63, 3.8) is 0 Å². The number of Topliss-reactive ketones (excluding diaryl/α,β-unsaturated/α-hetero) is 1. The number of aromatic nitrogens is 2. The monoisotopic (exact) mass is 376 g/mol. The number of hydrogen-bond acceptors (Lipinski definition) is 5. The quantitative estimate of drug-likeness (QED) is 0.723. The van der Waals surface area contributed by atoms with Crippen molar-refractivity contribution in [3.05, 3.63) is 20.8 Å². The molecule has 4 rings (SSSR count). The summed E-state index contributed by atoms with van der Waals surface area (Å²) in [4.78, 5) is 32.5. The first-order chi connectivity index (χ1) is 12.1. The fourth-order valence-electron chi connectivity index (χ4n) is 4.06. The molecule has 0 aliphatic heterocycles. The molecular formula is C19H24N2O2S2. The van der Waals surface area contributed by atoms with E-state index in [4.69, 9.17) is 4.98 Å². The Kier molecular flexibility index (Phi) is 4.75. The average molecular weight is 377 g/mol. The van der Waals surface area contributed by atoms with Crippen LogP contribution < -0.4 is 5.56 Å². The highest BCUT2D eigenvalue weighted by molar-refractivity contribution is 8.00. The molecule has 2 aliphatic rings. The molecule has 1 unspecified atom stereocenters. The Labute approximate surface area is 156 Å². The van der Waals surface area contributed by atoms with Crippen LogP contribution in [0, 0.1) is 13.8 Å². The van der Waals surface area contributed by atoms with E-state index in [1.54, 1.807) is 11.3 Å². The van der Waals surface area contributed by atoms with Gasteiger partial charge in [0.2, 0.25) is 0 Å². The van der Waals surface area contributed by atoms with Gasteiger partial charge in [0.1, 0.15) is 10.6 Å². The molecule has 2 aliphatic carbocycles. The molecule has 6 heteroatoms. The van der Waals surface area contributed by atoms with Gasteiger partial charge >= 0.3 is 0 Å². The molecule has 25 heavy (non-hydrogen) atoms. The Morgan fingerprint density at radius 3 is 2.52 bits per heavy atom. The van der Waals surface area contributed by atoms with Gasteiger partial charge in [-0.15, -0.1) is 11.3 Å². The van der Waals surface area contributed by atoms with Crippen LogP contribution in [0.4, 0.5) is 0 Å². The first-order valence-corrected chi connectivity index (χ1v) is 11.0. The van der Waals surface area contributed by atoms with Crippen LogP contribution in [-0.2, 0) is 4.79 Å². The number of hydrogen-bond donors (Lipinski definition) is 0. The number of rotatable bonds is 3. The maximum atomic E-state index is 13.3. The number of aryl methyl sites for hydroxylation is 2. The van der Waals surface area contributed by atoms with Crippen molar-refractivity contribution in [1.29, 1.82) is 0 Å². The van der Waals surface area contributed by atoms with E-state index >= 15 is 0 Å². The number of thioether (sulfide) groups is 1. The zero-order valence-corrected chi connectivity index (χ0v) is 16.5. The third-order valence-electron chi connectivity index (χ3n) is 5.64. The van der Waals surface area contributed by atoms with Crippen LogP contribution in [0.5, 0.6) is 0 Å². The summed E-state index contributed by atoms with van der Waals surface area (Å²) in [5.41, 5.74) is 1.17. The van der Waals surface area contributed by atoms with Crippen molar-refractivity contribution in [3.8, 4) is 0 Å². The first kappa shape index (κ1) is 17.3. The Morgan fingerprint density at radius 1 is 1.08 bits per heavy atom.